The lowest BCUT2D eigenvalue weighted by Gasteiger charge is -2.28. The second kappa shape index (κ2) is 37.4. The highest BCUT2D eigenvalue weighted by atomic mass is 31.2. The van der Waals surface area contributed by atoms with Crippen LogP contribution in [0.1, 0.15) is 213 Å². The number of rotatable bonds is 42. The minimum absolute atomic E-state index is 0.0308. The molecule has 52 heavy (non-hydrogen) atoms. The van der Waals surface area contributed by atoms with Crippen LogP contribution >= 0.6 is 7.82 Å². The zero-order valence-electron chi connectivity index (χ0n) is 35.3. The maximum absolute atomic E-state index is 12.6. The Morgan fingerprint density at radius 3 is 1.27 bits per heavy atom. The van der Waals surface area contributed by atoms with Crippen LogP contribution in [0, 0.1) is 0 Å². The van der Waals surface area contributed by atoms with Gasteiger partial charge in [0.05, 0.1) is 34.4 Å². The third-order valence-corrected chi connectivity index (χ3v) is 10.9. The Balaban J connectivity index is 3.96. The van der Waals surface area contributed by atoms with Crippen LogP contribution < -0.4 is 4.89 Å². The summed E-state index contributed by atoms with van der Waals surface area (Å²) in [6.45, 7) is 5.42. The molecule has 9 heteroatoms. The highest BCUT2D eigenvalue weighted by molar-refractivity contribution is 7.45. The molecular weight excluding hydrogens is 673 g/mol. The Kier molecular flexibility index (Phi) is 37.1. The molecule has 0 saturated carbocycles. The Hall–Kier alpha value is -0.500. The van der Waals surface area contributed by atoms with Gasteiger partial charge in [-0.2, -0.15) is 0 Å². The smallest absolute Gasteiger partial charge is 0.306 e. The molecule has 0 aromatic carbocycles. The number of hydrogen-bond donors (Lipinski definition) is 0. The molecule has 0 rings (SSSR count). The van der Waals surface area contributed by atoms with E-state index in [2.05, 4.69) is 13.8 Å². The van der Waals surface area contributed by atoms with E-state index in [-0.39, 0.29) is 25.8 Å². The van der Waals surface area contributed by atoms with Gasteiger partial charge in [0.25, 0.3) is 7.82 Å². The summed E-state index contributed by atoms with van der Waals surface area (Å²) >= 11 is 0. The second-order valence-corrected chi connectivity index (χ2v) is 17.8. The highest BCUT2D eigenvalue weighted by Crippen LogP contribution is 2.38. The molecule has 0 aliphatic carbocycles. The van der Waals surface area contributed by atoms with Gasteiger partial charge in [-0.25, -0.2) is 0 Å². The first kappa shape index (κ1) is 51.5. The molecule has 0 N–H and O–H groups in total. The van der Waals surface area contributed by atoms with Crippen molar-refractivity contribution < 1.29 is 37.3 Å². The lowest BCUT2D eigenvalue weighted by atomic mass is 10.0. The zero-order chi connectivity index (χ0) is 38.4. The first-order valence-electron chi connectivity index (χ1n) is 22.3. The molecular formula is C43H88NO7P. The maximum atomic E-state index is 12.6. The summed E-state index contributed by atoms with van der Waals surface area (Å²) in [7, 11) is 1.37. The Labute approximate surface area is 323 Å². The van der Waals surface area contributed by atoms with Crippen molar-refractivity contribution in [1.82, 2.24) is 0 Å². The molecule has 0 aliphatic rings. The molecule has 8 nitrogen and oxygen atoms in total. The van der Waals surface area contributed by atoms with Crippen molar-refractivity contribution in [2.45, 2.75) is 219 Å². The maximum Gasteiger partial charge on any atom is 0.306 e. The third kappa shape index (κ3) is 40.7. The molecule has 2 unspecified atom stereocenters. The normalized spacial score (nSPS) is 13.7. The minimum atomic E-state index is -4.51. The number of esters is 1. The second-order valence-electron chi connectivity index (χ2n) is 16.4. The van der Waals surface area contributed by atoms with Crippen LogP contribution in [0.2, 0.25) is 0 Å². The van der Waals surface area contributed by atoms with E-state index in [1.54, 1.807) is 0 Å². The van der Waals surface area contributed by atoms with Crippen molar-refractivity contribution in [2.75, 3.05) is 54.1 Å². The number of unbranched alkanes of at least 4 members (excludes halogenated alkanes) is 28. The lowest BCUT2D eigenvalue weighted by Crippen LogP contribution is -2.37. The first-order valence-corrected chi connectivity index (χ1v) is 23.7. The fourth-order valence-electron chi connectivity index (χ4n) is 6.43. The van der Waals surface area contributed by atoms with Crippen LogP contribution in [-0.4, -0.2) is 70.7 Å². The van der Waals surface area contributed by atoms with Crippen LogP contribution in [0.5, 0.6) is 0 Å². The van der Waals surface area contributed by atoms with Gasteiger partial charge < -0.3 is 27.9 Å². The summed E-state index contributed by atoms with van der Waals surface area (Å²) in [5.41, 5.74) is 0. The molecule has 0 heterocycles. The first-order chi connectivity index (χ1) is 25.1. The van der Waals surface area contributed by atoms with E-state index < -0.39 is 13.9 Å². The van der Waals surface area contributed by atoms with Crippen molar-refractivity contribution in [3.05, 3.63) is 0 Å². The lowest BCUT2D eigenvalue weighted by molar-refractivity contribution is -0.870. The highest BCUT2D eigenvalue weighted by Gasteiger charge is 2.20. The van der Waals surface area contributed by atoms with E-state index >= 15 is 0 Å². The standard InChI is InChI=1S/C43H88NO7P/c1-6-8-10-12-14-15-16-17-18-19-20-21-22-23-24-25-26-27-28-29-30-32-34-36-43(45)51-42(40-48-38-35-33-31-13-11-9-7-2)41-50-52(46,47)49-39-37-44(3,4)5/h42H,6-41H2,1-5H3. The Morgan fingerprint density at radius 2 is 0.885 bits per heavy atom. The van der Waals surface area contributed by atoms with Gasteiger partial charge in [0.15, 0.2) is 0 Å². The molecule has 0 aliphatic heterocycles. The van der Waals surface area contributed by atoms with Crippen molar-refractivity contribution in [2.24, 2.45) is 0 Å². The van der Waals surface area contributed by atoms with Gasteiger partial charge in [0.1, 0.15) is 19.3 Å². The zero-order valence-corrected chi connectivity index (χ0v) is 36.2. The van der Waals surface area contributed by atoms with Gasteiger partial charge in [-0.05, 0) is 12.8 Å². The molecule has 312 valence electrons. The predicted molar refractivity (Wildman–Crippen MR) is 218 cm³/mol. The molecule has 0 radical (unpaired) electrons. The summed E-state index contributed by atoms with van der Waals surface area (Å²) in [6, 6.07) is 0. The molecule has 0 bridgehead atoms. The fourth-order valence-corrected chi connectivity index (χ4v) is 7.16. The average molecular weight is 762 g/mol. The van der Waals surface area contributed by atoms with Gasteiger partial charge >= 0.3 is 5.97 Å². The van der Waals surface area contributed by atoms with E-state index in [0.29, 0.717) is 24.1 Å². The number of phosphoric acid groups is 1. The average Bonchev–Trinajstić information content (AvgIpc) is 3.09. The van der Waals surface area contributed by atoms with Gasteiger partial charge in [-0.1, -0.05) is 194 Å². The molecule has 0 spiro atoms. The number of nitrogens with zero attached hydrogens (tertiary/aromatic N) is 1. The van der Waals surface area contributed by atoms with Gasteiger partial charge in [0, 0.05) is 13.0 Å². The SMILES string of the molecule is CCCCCCCCCCCCCCCCCCCCCCCCCC(=O)OC(COCCCCCCCCC)COP(=O)([O-])OCC[N+](C)(C)C. The number of ether oxygens (including phenoxy) is 2. The minimum Gasteiger partial charge on any atom is -0.756 e. The van der Waals surface area contributed by atoms with Gasteiger partial charge in [-0.15, -0.1) is 0 Å². The van der Waals surface area contributed by atoms with Crippen molar-refractivity contribution in [3.63, 3.8) is 0 Å². The Bertz CT molecular complexity index is 807. The summed E-state index contributed by atoms with van der Waals surface area (Å²) in [4.78, 5) is 24.9. The van der Waals surface area contributed by atoms with Crippen LogP contribution in [0.4, 0.5) is 0 Å². The molecule has 0 aromatic rings. The van der Waals surface area contributed by atoms with Crippen LogP contribution in [0.3, 0.4) is 0 Å². The van der Waals surface area contributed by atoms with E-state index in [9.17, 15) is 14.3 Å². The van der Waals surface area contributed by atoms with Gasteiger partial charge in [0.2, 0.25) is 0 Å². The van der Waals surface area contributed by atoms with Crippen molar-refractivity contribution in [3.8, 4) is 0 Å². The predicted octanol–water partition coefficient (Wildman–Crippen LogP) is 12.3. The number of quaternary nitrogens is 1. The monoisotopic (exact) mass is 762 g/mol. The fraction of sp³-hybridized carbons (Fsp3) is 0.977. The molecule has 0 amide bonds. The Morgan fingerprint density at radius 1 is 0.519 bits per heavy atom. The third-order valence-electron chi connectivity index (χ3n) is 9.91. The molecule has 0 fully saturated rings. The van der Waals surface area contributed by atoms with E-state index in [1.165, 1.54) is 161 Å². The topological polar surface area (TPSA) is 94.1 Å². The van der Waals surface area contributed by atoms with E-state index in [4.69, 9.17) is 18.5 Å². The van der Waals surface area contributed by atoms with Crippen LogP contribution in [-0.2, 0) is 27.9 Å². The number of phosphoric ester groups is 1. The summed E-state index contributed by atoms with van der Waals surface area (Å²) in [6.07, 6.45) is 38.5. The number of carbonyl (C=O) groups is 1. The number of likely N-dealkylation sites (N-methyl/N-ethyl adjacent to an activating group) is 1. The number of carbonyl (C=O) groups excluding carboxylic acids is 1. The van der Waals surface area contributed by atoms with E-state index in [0.717, 1.165) is 32.1 Å². The summed E-state index contributed by atoms with van der Waals surface area (Å²) in [5.74, 6) is -0.330. The van der Waals surface area contributed by atoms with E-state index in [1.807, 2.05) is 21.1 Å². The summed E-state index contributed by atoms with van der Waals surface area (Å²) < 4.78 is 34.4. The number of hydrogen-bond acceptors (Lipinski definition) is 7. The van der Waals surface area contributed by atoms with Crippen molar-refractivity contribution in [1.29, 1.82) is 0 Å². The molecule has 2 atom stereocenters. The van der Waals surface area contributed by atoms with Gasteiger partial charge in [-0.3, -0.25) is 9.36 Å². The molecule has 0 saturated heterocycles. The van der Waals surface area contributed by atoms with Crippen LogP contribution in [0.25, 0.3) is 0 Å². The summed E-state index contributed by atoms with van der Waals surface area (Å²) in [5, 5.41) is 0. The molecule has 0 aromatic heterocycles. The quantitative estimate of drug-likeness (QED) is 0.0264. The van der Waals surface area contributed by atoms with Crippen LogP contribution in [0.15, 0.2) is 0 Å². The van der Waals surface area contributed by atoms with Crippen molar-refractivity contribution >= 4 is 13.8 Å². The largest absolute Gasteiger partial charge is 0.756 e.